The van der Waals surface area contributed by atoms with Crippen molar-refractivity contribution >= 4 is 5.91 Å². The van der Waals surface area contributed by atoms with Gasteiger partial charge in [0.05, 0.1) is 6.54 Å². The third kappa shape index (κ3) is 3.19. The van der Waals surface area contributed by atoms with Crippen LogP contribution in [0.4, 0.5) is 0 Å². The average Bonchev–Trinajstić information content (AvgIpc) is 2.89. The maximum atomic E-state index is 11.9. The summed E-state index contributed by atoms with van der Waals surface area (Å²) in [6, 6.07) is 0.822. The lowest BCUT2D eigenvalue weighted by Gasteiger charge is -2.25. The highest BCUT2D eigenvalue weighted by atomic mass is 16.2. The molecule has 17 heavy (non-hydrogen) atoms. The molecule has 2 unspecified atom stereocenters. The molecule has 2 atom stereocenters. The molecule has 0 radical (unpaired) electrons. The number of hydrogen-bond acceptors (Lipinski definition) is 3. The van der Waals surface area contributed by atoms with Gasteiger partial charge in [-0.25, -0.2) is 0 Å². The summed E-state index contributed by atoms with van der Waals surface area (Å²) in [6.07, 6.45) is 6.00. The molecule has 2 rings (SSSR count). The van der Waals surface area contributed by atoms with Gasteiger partial charge in [0.15, 0.2) is 0 Å². The van der Waals surface area contributed by atoms with E-state index in [1.54, 1.807) is 0 Å². The van der Waals surface area contributed by atoms with Crippen LogP contribution in [0.1, 0.15) is 39.0 Å². The quantitative estimate of drug-likeness (QED) is 0.760. The lowest BCUT2D eigenvalue weighted by atomic mass is 10.0. The number of amides is 1. The standard InChI is InChI=1S/C13H25N3O/c1-10-6-7-16(12(10)8-14)9-13(17)15-11-4-2-3-5-11/h10-12H,2-9,14H2,1H3,(H,15,17). The van der Waals surface area contributed by atoms with E-state index in [0.29, 0.717) is 31.1 Å². The topological polar surface area (TPSA) is 58.4 Å². The third-order valence-corrected chi connectivity index (χ3v) is 4.31. The summed E-state index contributed by atoms with van der Waals surface area (Å²) in [5, 5.41) is 3.14. The molecular weight excluding hydrogens is 214 g/mol. The van der Waals surface area contributed by atoms with Crippen molar-refractivity contribution in [2.75, 3.05) is 19.6 Å². The Kier molecular flexibility index (Phi) is 4.40. The summed E-state index contributed by atoms with van der Waals surface area (Å²) < 4.78 is 0. The number of rotatable bonds is 4. The molecule has 98 valence electrons. The van der Waals surface area contributed by atoms with E-state index in [9.17, 15) is 4.79 Å². The monoisotopic (exact) mass is 239 g/mol. The van der Waals surface area contributed by atoms with Gasteiger partial charge >= 0.3 is 0 Å². The molecule has 1 heterocycles. The highest BCUT2D eigenvalue weighted by Crippen LogP contribution is 2.23. The Morgan fingerprint density at radius 1 is 1.35 bits per heavy atom. The van der Waals surface area contributed by atoms with Gasteiger partial charge in [0.1, 0.15) is 0 Å². The minimum Gasteiger partial charge on any atom is -0.352 e. The molecule has 1 amide bonds. The molecule has 2 fully saturated rings. The van der Waals surface area contributed by atoms with Gasteiger partial charge in [-0.05, 0) is 31.7 Å². The normalized spacial score (nSPS) is 30.9. The second-order valence-electron chi connectivity index (χ2n) is 5.59. The third-order valence-electron chi connectivity index (χ3n) is 4.31. The molecule has 1 saturated heterocycles. The summed E-state index contributed by atoms with van der Waals surface area (Å²) >= 11 is 0. The highest BCUT2D eigenvalue weighted by Gasteiger charge is 2.31. The van der Waals surface area contributed by atoms with Crippen LogP contribution >= 0.6 is 0 Å². The van der Waals surface area contributed by atoms with Crippen molar-refractivity contribution in [1.29, 1.82) is 0 Å². The Labute approximate surface area is 104 Å². The van der Waals surface area contributed by atoms with Crippen LogP contribution in [0.5, 0.6) is 0 Å². The molecule has 1 saturated carbocycles. The molecule has 3 N–H and O–H groups in total. The van der Waals surface area contributed by atoms with Gasteiger partial charge < -0.3 is 11.1 Å². The summed E-state index contributed by atoms with van der Waals surface area (Å²) in [5.41, 5.74) is 5.78. The number of nitrogens with zero attached hydrogens (tertiary/aromatic N) is 1. The first kappa shape index (κ1) is 12.8. The van der Waals surface area contributed by atoms with E-state index in [0.717, 1.165) is 19.4 Å². The minimum absolute atomic E-state index is 0.185. The van der Waals surface area contributed by atoms with Crippen LogP contribution in [0, 0.1) is 5.92 Å². The van der Waals surface area contributed by atoms with Crippen molar-refractivity contribution in [2.45, 2.75) is 51.1 Å². The molecule has 0 spiro atoms. The van der Waals surface area contributed by atoms with E-state index in [-0.39, 0.29) is 5.91 Å². The molecule has 4 heteroatoms. The fourth-order valence-corrected chi connectivity index (χ4v) is 3.19. The first-order chi connectivity index (χ1) is 8.20. The van der Waals surface area contributed by atoms with E-state index in [1.165, 1.54) is 19.3 Å². The summed E-state index contributed by atoms with van der Waals surface area (Å²) in [6.45, 7) is 4.44. The molecule has 1 aliphatic heterocycles. The van der Waals surface area contributed by atoms with Crippen molar-refractivity contribution in [3.63, 3.8) is 0 Å². The smallest absolute Gasteiger partial charge is 0.234 e. The minimum atomic E-state index is 0.185. The van der Waals surface area contributed by atoms with Crippen molar-refractivity contribution in [1.82, 2.24) is 10.2 Å². The van der Waals surface area contributed by atoms with E-state index in [2.05, 4.69) is 17.1 Å². The highest BCUT2D eigenvalue weighted by molar-refractivity contribution is 5.78. The second-order valence-corrected chi connectivity index (χ2v) is 5.59. The van der Waals surface area contributed by atoms with Gasteiger partial charge in [0, 0.05) is 18.6 Å². The first-order valence-corrected chi connectivity index (χ1v) is 6.94. The van der Waals surface area contributed by atoms with Crippen LogP contribution in [0.15, 0.2) is 0 Å². The number of nitrogens with one attached hydrogen (secondary N) is 1. The maximum absolute atomic E-state index is 11.9. The van der Waals surface area contributed by atoms with Crippen LogP contribution in [0.2, 0.25) is 0 Å². The van der Waals surface area contributed by atoms with Gasteiger partial charge in [-0.3, -0.25) is 9.69 Å². The molecule has 0 aromatic rings. The first-order valence-electron chi connectivity index (χ1n) is 6.94. The van der Waals surface area contributed by atoms with E-state index < -0.39 is 0 Å². The lowest BCUT2D eigenvalue weighted by Crippen LogP contribution is -2.46. The van der Waals surface area contributed by atoms with Crippen molar-refractivity contribution < 1.29 is 4.79 Å². The predicted molar refractivity (Wildman–Crippen MR) is 68.6 cm³/mol. The van der Waals surface area contributed by atoms with E-state index in [1.807, 2.05) is 0 Å². The van der Waals surface area contributed by atoms with Crippen molar-refractivity contribution in [3.05, 3.63) is 0 Å². The Morgan fingerprint density at radius 2 is 2.06 bits per heavy atom. The van der Waals surface area contributed by atoms with Crippen LogP contribution in [-0.4, -0.2) is 42.5 Å². The Morgan fingerprint density at radius 3 is 2.71 bits per heavy atom. The van der Waals surface area contributed by atoms with Crippen LogP contribution in [0.3, 0.4) is 0 Å². The summed E-state index contributed by atoms with van der Waals surface area (Å²) in [7, 11) is 0. The molecular formula is C13H25N3O. The van der Waals surface area contributed by atoms with Crippen LogP contribution in [-0.2, 0) is 4.79 Å². The number of hydrogen-bond donors (Lipinski definition) is 2. The Balaban J connectivity index is 1.77. The van der Waals surface area contributed by atoms with Crippen molar-refractivity contribution in [3.8, 4) is 0 Å². The lowest BCUT2D eigenvalue weighted by molar-refractivity contribution is -0.123. The largest absolute Gasteiger partial charge is 0.352 e. The van der Waals surface area contributed by atoms with Gasteiger partial charge in [-0.15, -0.1) is 0 Å². The number of nitrogens with two attached hydrogens (primary N) is 1. The zero-order valence-corrected chi connectivity index (χ0v) is 10.8. The fraction of sp³-hybridized carbons (Fsp3) is 0.923. The van der Waals surface area contributed by atoms with Crippen LogP contribution < -0.4 is 11.1 Å². The van der Waals surface area contributed by atoms with Crippen molar-refractivity contribution in [2.24, 2.45) is 11.7 Å². The molecule has 1 aliphatic carbocycles. The van der Waals surface area contributed by atoms with E-state index in [4.69, 9.17) is 5.73 Å². The zero-order chi connectivity index (χ0) is 12.3. The average molecular weight is 239 g/mol. The number of likely N-dealkylation sites (tertiary alicyclic amines) is 1. The molecule has 0 aromatic carbocycles. The zero-order valence-electron chi connectivity index (χ0n) is 10.8. The number of carbonyl (C=O) groups is 1. The van der Waals surface area contributed by atoms with E-state index >= 15 is 0 Å². The second kappa shape index (κ2) is 5.83. The van der Waals surface area contributed by atoms with Gasteiger partial charge in [-0.1, -0.05) is 19.8 Å². The molecule has 4 nitrogen and oxygen atoms in total. The summed E-state index contributed by atoms with van der Waals surface area (Å²) in [4.78, 5) is 14.2. The summed E-state index contributed by atoms with van der Waals surface area (Å²) in [5.74, 6) is 0.809. The number of carbonyl (C=O) groups excluding carboxylic acids is 1. The van der Waals surface area contributed by atoms with Gasteiger partial charge in [0.2, 0.25) is 5.91 Å². The molecule has 2 aliphatic rings. The SMILES string of the molecule is CC1CCN(CC(=O)NC2CCCC2)C1CN. The predicted octanol–water partition coefficient (Wildman–Crippen LogP) is 0.714. The molecule has 0 bridgehead atoms. The Hall–Kier alpha value is -0.610. The van der Waals surface area contributed by atoms with Gasteiger partial charge in [0.25, 0.3) is 0 Å². The fourth-order valence-electron chi connectivity index (χ4n) is 3.19. The Bertz CT molecular complexity index is 263. The maximum Gasteiger partial charge on any atom is 0.234 e. The van der Waals surface area contributed by atoms with Gasteiger partial charge in [-0.2, -0.15) is 0 Å². The molecule has 0 aromatic heterocycles. The van der Waals surface area contributed by atoms with Crippen LogP contribution in [0.25, 0.3) is 0 Å².